The van der Waals surface area contributed by atoms with Gasteiger partial charge in [0.15, 0.2) is 5.78 Å². The third kappa shape index (κ3) is 1.28. The molecule has 0 saturated carbocycles. The van der Waals surface area contributed by atoms with E-state index in [0.717, 1.165) is 19.4 Å². The van der Waals surface area contributed by atoms with E-state index in [1.54, 1.807) is 6.07 Å². The molecule has 0 amide bonds. The number of nitrogens with one attached hydrogen (secondary N) is 1. The van der Waals surface area contributed by atoms with Crippen molar-refractivity contribution < 1.29 is 9.21 Å². The quantitative estimate of drug-likeness (QED) is 0.670. The molecular formula is C9H11NO2. The van der Waals surface area contributed by atoms with E-state index in [1.807, 2.05) is 0 Å². The summed E-state index contributed by atoms with van der Waals surface area (Å²) >= 11 is 0. The molecule has 1 atom stereocenters. The van der Waals surface area contributed by atoms with Crippen LogP contribution in [0.15, 0.2) is 23.0 Å². The summed E-state index contributed by atoms with van der Waals surface area (Å²) < 4.78 is 4.85. The van der Waals surface area contributed by atoms with Crippen molar-refractivity contribution in [3.05, 3.63) is 24.2 Å². The Balaban J connectivity index is 2.09. The fourth-order valence-corrected chi connectivity index (χ4v) is 1.51. The maximum atomic E-state index is 11.6. The maximum absolute atomic E-state index is 11.6. The van der Waals surface area contributed by atoms with Crippen LogP contribution in [-0.2, 0) is 0 Å². The van der Waals surface area contributed by atoms with Gasteiger partial charge in [-0.2, -0.15) is 0 Å². The highest BCUT2D eigenvalue weighted by atomic mass is 16.3. The van der Waals surface area contributed by atoms with Gasteiger partial charge >= 0.3 is 0 Å². The summed E-state index contributed by atoms with van der Waals surface area (Å²) in [7, 11) is 0. The van der Waals surface area contributed by atoms with E-state index in [0.29, 0.717) is 5.56 Å². The largest absolute Gasteiger partial charge is 0.472 e. The minimum atomic E-state index is 0.0163. The average Bonchev–Trinajstić information content (AvgIpc) is 2.77. The smallest absolute Gasteiger partial charge is 0.182 e. The van der Waals surface area contributed by atoms with Crippen LogP contribution >= 0.6 is 0 Å². The second kappa shape index (κ2) is 3.11. The first-order valence-electron chi connectivity index (χ1n) is 4.18. The van der Waals surface area contributed by atoms with Crippen molar-refractivity contribution in [1.29, 1.82) is 0 Å². The highest BCUT2D eigenvalue weighted by molar-refractivity contribution is 5.99. The van der Waals surface area contributed by atoms with Gasteiger partial charge in [-0.25, -0.2) is 0 Å². The van der Waals surface area contributed by atoms with Gasteiger partial charge < -0.3 is 9.73 Å². The van der Waals surface area contributed by atoms with Gasteiger partial charge in [0.2, 0.25) is 0 Å². The maximum Gasteiger partial charge on any atom is 0.182 e. The Labute approximate surface area is 70.8 Å². The van der Waals surface area contributed by atoms with Crippen molar-refractivity contribution in [2.75, 3.05) is 6.54 Å². The lowest BCUT2D eigenvalue weighted by atomic mass is 10.1. The van der Waals surface area contributed by atoms with Crippen LogP contribution in [0.25, 0.3) is 0 Å². The van der Waals surface area contributed by atoms with Gasteiger partial charge in [-0.3, -0.25) is 4.79 Å². The highest BCUT2D eigenvalue weighted by Crippen LogP contribution is 2.12. The Morgan fingerprint density at radius 3 is 3.17 bits per heavy atom. The molecule has 1 fully saturated rings. The topological polar surface area (TPSA) is 42.2 Å². The summed E-state index contributed by atoms with van der Waals surface area (Å²) in [5.41, 5.74) is 0.675. The van der Waals surface area contributed by atoms with Crippen LogP contribution in [0.5, 0.6) is 0 Å². The molecular weight excluding hydrogens is 154 g/mol. The minimum absolute atomic E-state index is 0.0163. The molecule has 0 radical (unpaired) electrons. The molecule has 3 heteroatoms. The molecule has 3 nitrogen and oxygen atoms in total. The summed E-state index contributed by atoms with van der Waals surface area (Å²) in [6, 6.07) is 1.73. The molecule has 0 spiro atoms. The van der Waals surface area contributed by atoms with Crippen molar-refractivity contribution in [2.45, 2.75) is 18.9 Å². The van der Waals surface area contributed by atoms with Crippen LogP contribution < -0.4 is 5.32 Å². The predicted octanol–water partition coefficient (Wildman–Crippen LogP) is 1.21. The van der Waals surface area contributed by atoms with Crippen LogP contribution in [0.4, 0.5) is 0 Å². The van der Waals surface area contributed by atoms with E-state index < -0.39 is 0 Å². The van der Waals surface area contributed by atoms with Gasteiger partial charge in [0.25, 0.3) is 0 Å². The van der Waals surface area contributed by atoms with Crippen LogP contribution in [0.3, 0.4) is 0 Å². The zero-order chi connectivity index (χ0) is 8.39. The van der Waals surface area contributed by atoms with Crippen molar-refractivity contribution in [1.82, 2.24) is 5.32 Å². The van der Waals surface area contributed by atoms with E-state index in [2.05, 4.69) is 5.32 Å². The first-order chi connectivity index (χ1) is 5.88. The molecule has 0 aromatic carbocycles. The number of hydrogen-bond acceptors (Lipinski definition) is 3. The van der Waals surface area contributed by atoms with Gasteiger partial charge in [-0.1, -0.05) is 0 Å². The number of Topliss-reactive ketones (excluding diaryl/α,β-unsaturated/α-hetero) is 1. The number of hydrogen-bond donors (Lipinski definition) is 1. The molecule has 1 N–H and O–H groups in total. The van der Waals surface area contributed by atoms with E-state index in [9.17, 15) is 4.79 Å². The highest BCUT2D eigenvalue weighted by Gasteiger charge is 2.23. The molecule has 1 aromatic heterocycles. The van der Waals surface area contributed by atoms with Crippen LogP contribution in [-0.4, -0.2) is 18.4 Å². The summed E-state index contributed by atoms with van der Waals surface area (Å²) in [5, 5.41) is 3.15. The second-order valence-electron chi connectivity index (χ2n) is 3.03. The Hall–Kier alpha value is -1.09. The number of furan rings is 1. The molecule has 0 aliphatic carbocycles. The summed E-state index contributed by atoms with van der Waals surface area (Å²) in [5.74, 6) is 0.154. The molecule has 12 heavy (non-hydrogen) atoms. The monoisotopic (exact) mass is 165 g/mol. The average molecular weight is 165 g/mol. The van der Waals surface area contributed by atoms with Crippen molar-refractivity contribution in [2.24, 2.45) is 0 Å². The number of ketones is 1. The molecule has 1 unspecified atom stereocenters. The van der Waals surface area contributed by atoms with E-state index in [1.165, 1.54) is 12.5 Å². The zero-order valence-corrected chi connectivity index (χ0v) is 6.75. The molecule has 1 aliphatic heterocycles. The standard InChI is InChI=1S/C9H11NO2/c11-9(7-3-5-12-6-7)8-2-1-4-10-8/h3,5-6,8,10H,1-2,4H2. The Kier molecular flexibility index (Phi) is 1.96. The lowest BCUT2D eigenvalue weighted by molar-refractivity contribution is 0.0951. The number of carbonyl (C=O) groups excluding carboxylic acids is 1. The fourth-order valence-electron chi connectivity index (χ4n) is 1.51. The van der Waals surface area contributed by atoms with Crippen molar-refractivity contribution >= 4 is 5.78 Å². The lowest BCUT2D eigenvalue weighted by Crippen LogP contribution is -2.30. The zero-order valence-electron chi connectivity index (χ0n) is 6.75. The van der Waals surface area contributed by atoms with E-state index in [-0.39, 0.29) is 11.8 Å². The molecule has 2 heterocycles. The van der Waals surface area contributed by atoms with Crippen molar-refractivity contribution in [3.8, 4) is 0 Å². The van der Waals surface area contributed by atoms with Crippen LogP contribution in [0.2, 0.25) is 0 Å². The lowest BCUT2D eigenvalue weighted by Gasteiger charge is -2.05. The van der Waals surface area contributed by atoms with Gasteiger partial charge in [0, 0.05) is 0 Å². The van der Waals surface area contributed by atoms with E-state index in [4.69, 9.17) is 4.42 Å². The summed E-state index contributed by atoms with van der Waals surface area (Å²) in [6.45, 7) is 0.953. The van der Waals surface area contributed by atoms with E-state index >= 15 is 0 Å². The second-order valence-corrected chi connectivity index (χ2v) is 3.03. The molecule has 1 aliphatic rings. The van der Waals surface area contributed by atoms with Gasteiger partial charge in [-0.15, -0.1) is 0 Å². The van der Waals surface area contributed by atoms with Gasteiger partial charge in [0.1, 0.15) is 6.26 Å². The Bertz CT molecular complexity index is 260. The SMILES string of the molecule is O=C(c1ccoc1)C1CCCN1. The van der Waals surface area contributed by atoms with Gasteiger partial charge in [-0.05, 0) is 25.5 Å². The predicted molar refractivity (Wildman–Crippen MR) is 44.1 cm³/mol. The molecule has 1 aromatic rings. The third-order valence-corrected chi connectivity index (χ3v) is 2.18. The number of rotatable bonds is 2. The van der Waals surface area contributed by atoms with Crippen LogP contribution in [0, 0.1) is 0 Å². The molecule has 0 bridgehead atoms. The van der Waals surface area contributed by atoms with Crippen LogP contribution in [0.1, 0.15) is 23.2 Å². The third-order valence-electron chi connectivity index (χ3n) is 2.18. The Morgan fingerprint density at radius 1 is 1.67 bits per heavy atom. The van der Waals surface area contributed by atoms with Gasteiger partial charge in [0.05, 0.1) is 17.9 Å². The normalized spacial score (nSPS) is 22.8. The minimum Gasteiger partial charge on any atom is -0.472 e. The van der Waals surface area contributed by atoms with Crippen molar-refractivity contribution in [3.63, 3.8) is 0 Å². The molecule has 2 rings (SSSR count). The first kappa shape index (κ1) is 7.55. The summed E-state index contributed by atoms with van der Waals surface area (Å²) in [4.78, 5) is 11.6. The molecule has 64 valence electrons. The fraction of sp³-hybridized carbons (Fsp3) is 0.444. The first-order valence-corrected chi connectivity index (χ1v) is 4.18. The molecule has 1 saturated heterocycles. The Morgan fingerprint density at radius 2 is 2.58 bits per heavy atom. The number of carbonyl (C=O) groups is 1. The summed E-state index contributed by atoms with van der Waals surface area (Å²) in [6.07, 6.45) is 5.07.